The van der Waals surface area contributed by atoms with Crippen LogP contribution in [0.4, 0.5) is 10.5 Å². The van der Waals surface area contributed by atoms with E-state index in [4.69, 9.17) is 14.1 Å². The fourth-order valence-electron chi connectivity index (χ4n) is 2.53. The summed E-state index contributed by atoms with van der Waals surface area (Å²) in [4.78, 5) is 28.1. The average Bonchev–Trinajstić information content (AvgIpc) is 2.64. The maximum absolute atomic E-state index is 11.9. The topological polar surface area (TPSA) is 193 Å². The van der Waals surface area contributed by atoms with E-state index in [2.05, 4.69) is 20.3 Å². The number of nitrogens with one attached hydrogen (secondary N) is 3. The van der Waals surface area contributed by atoms with Crippen LogP contribution in [0.3, 0.4) is 0 Å². The normalized spacial score (nSPS) is 27.1. The predicted octanol–water partition coefficient (Wildman–Crippen LogP) is -1.49. The highest BCUT2D eigenvalue weighted by molar-refractivity contribution is 7.80. The van der Waals surface area contributed by atoms with Crippen LogP contribution in [0, 0.1) is 0 Å². The molecule has 0 aliphatic carbocycles. The van der Waals surface area contributed by atoms with Crippen molar-refractivity contribution < 1.29 is 46.5 Å². The molecule has 0 aromatic heterocycles. The van der Waals surface area contributed by atoms with Crippen molar-refractivity contribution in [1.29, 1.82) is 0 Å². The third-order valence-corrected chi connectivity index (χ3v) is 4.22. The fraction of sp³-hybridized carbons (Fsp3) is 0.467. The molecule has 5 atom stereocenters. The smallest absolute Gasteiger partial charge is 0.388 e. The molecular formula is C15H21N3O10S. The van der Waals surface area contributed by atoms with Gasteiger partial charge >= 0.3 is 16.5 Å². The Bertz CT molecular complexity index is 806. The van der Waals surface area contributed by atoms with Gasteiger partial charge in [-0.05, 0) is 12.1 Å². The van der Waals surface area contributed by atoms with Gasteiger partial charge in [-0.1, -0.05) is 18.2 Å². The second-order valence-electron chi connectivity index (χ2n) is 6.01. The van der Waals surface area contributed by atoms with Crippen molar-refractivity contribution in [3.05, 3.63) is 30.3 Å². The van der Waals surface area contributed by atoms with Crippen LogP contribution in [0.15, 0.2) is 30.3 Å². The van der Waals surface area contributed by atoms with Crippen LogP contribution < -0.4 is 16.1 Å². The Balaban J connectivity index is 2.04. The van der Waals surface area contributed by atoms with Gasteiger partial charge in [-0.25, -0.2) is 8.98 Å². The van der Waals surface area contributed by atoms with Gasteiger partial charge in [-0.3, -0.25) is 14.7 Å². The molecule has 1 aliphatic rings. The number of amides is 2. The highest BCUT2D eigenvalue weighted by atomic mass is 32.3. The van der Waals surface area contributed by atoms with E-state index in [1.165, 1.54) is 0 Å². The number of para-hydroxylation sites is 1. The molecule has 6 N–H and O–H groups in total. The first-order valence-electron chi connectivity index (χ1n) is 8.26. The zero-order valence-electron chi connectivity index (χ0n) is 15.1. The molecule has 1 aromatic carbocycles. The van der Waals surface area contributed by atoms with E-state index in [0.717, 1.165) is 6.92 Å². The first kappa shape index (κ1) is 23.0. The maximum atomic E-state index is 11.9. The minimum absolute atomic E-state index is 0.428. The Hall–Kier alpha value is -2.33. The van der Waals surface area contributed by atoms with Crippen molar-refractivity contribution in [1.82, 2.24) is 10.8 Å². The first-order chi connectivity index (χ1) is 13.6. The molecule has 1 heterocycles. The first-order valence-corrected chi connectivity index (χ1v) is 9.62. The number of carbonyl (C=O) groups is 2. The van der Waals surface area contributed by atoms with E-state index < -0.39 is 59.6 Å². The van der Waals surface area contributed by atoms with Crippen molar-refractivity contribution in [3.63, 3.8) is 0 Å². The number of aliphatic hydroxyl groups is 2. The molecule has 0 bridgehead atoms. The van der Waals surface area contributed by atoms with Gasteiger partial charge in [-0.2, -0.15) is 8.42 Å². The molecule has 13 nitrogen and oxygen atoms in total. The molecule has 1 fully saturated rings. The summed E-state index contributed by atoms with van der Waals surface area (Å²) in [6.07, 6.45) is -7.14. The number of rotatable bonds is 7. The molecule has 14 heteroatoms. The Labute approximate surface area is 165 Å². The van der Waals surface area contributed by atoms with Crippen molar-refractivity contribution >= 4 is 28.1 Å². The number of hydrogen-bond donors (Lipinski definition) is 6. The second kappa shape index (κ2) is 9.93. The minimum atomic E-state index is -4.83. The van der Waals surface area contributed by atoms with Crippen molar-refractivity contribution in [2.45, 2.75) is 37.5 Å². The number of aliphatic hydroxyl groups excluding tert-OH is 2. The summed E-state index contributed by atoms with van der Waals surface area (Å²) in [6.45, 7) is 0.297. The molecule has 0 radical (unpaired) electrons. The van der Waals surface area contributed by atoms with Gasteiger partial charge in [0.2, 0.25) is 5.91 Å². The number of ether oxygens (including phenoxy) is 1. The van der Waals surface area contributed by atoms with Gasteiger partial charge in [0.1, 0.15) is 18.3 Å². The van der Waals surface area contributed by atoms with E-state index in [0.29, 0.717) is 5.69 Å². The molecule has 2 rings (SSSR count). The zero-order chi connectivity index (χ0) is 21.6. The van der Waals surface area contributed by atoms with Gasteiger partial charge in [0.25, 0.3) is 0 Å². The largest absolute Gasteiger partial charge is 0.430 e. The molecule has 1 unspecified atom stereocenters. The van der Waals surface area contributed by atoms with E-state index >= 15 is 0 Å². The number of benzene rings is 1. The summed E-state index contributed by atoms with van der Waals surface area (Å²) < 4.78 is 39.6. The summed E-state index contributed by atoms with van der Waals surface area (Å²) in [5.41, 5.74) is 2.62. The predicted molar refractivity (Wildman–Crippen MR) is 95.5 cm³/mol. The van der Waals surface area contributed by atoms with Crippen LogP contribution in [0.5, 0.6) is 0 Å². The minimum Gasteiger partial charge on any atom is -0.388 e. The zero-order valence-corrected chi connectivity index (χ0v) is 15.9. The van der Waals surface area contributed by atoms with E-state index in [9.17, 15) is 28.2 Å². The summed E-state index contributed by atoms with van der Waals surface area (Å²) in [7, 11) is -4.83. The summed E-state index contributed by atoms with van der Waals surface area (Å²) in [6, 6.07) is 7.02. The molecule has 1 saturated heterocycles. The lowest BCUT2D eigenvalue weighted by Gasteiger charge is -2.42. The standard InChI is InChI=1S/C15H21N3O10S/c1-8(19)16-11-13(21)12(20)10(7-26-29(23,24)25)27-14(11)18-28-15(22)17-9-5-3-2-4-6-9/h2-6,10-14,18,20-21H,7H2,1H3,(H,16,19)(H,17,22)(H,23,24,25)/t10-,11-,12-,13-,14?/m1/s1. The summed E-state index contributed by atoms with van der Waals surface area (Å²) in [5, 5.41) is 25.0. The molecular weight excluding hydrogens is 414 g/mol. The number of anilines is 1. The Morgan fingerprint density at radius 1 is 1.17 bits per heavy atom. The van der Waals surface area contributed by atoms with Gasteiger partial charge in [0, 0.05) is 12.6 Å². The van der Waals surface area contributed by atoms with E-state index in [1.54, 1.807) is 30.3 Å². The molecule has 1 aromatic rings. The number of carbonyl (C=O) groups excluding carboxylic acids is 2. The van der Waals surface area contributed by atoms with Gasteiger partial charge in [-0.15, -0.1) is 5.48 Å². The Kier molecular flexibility index (Phi) is 7.86. The SMILES string of the molecule is CC(=O)N[C@H]1C(NOC(=O)Nc2ccccc2)O[C@H](COS(=O)(=O)O)[C@@H](O)[C@@H]1O. The van der Waals surface area contributed by atoms with Crippen molar-refractivity contribution in [2.75, 3.05) is 11.9 Å². The molecule has 162 valence electrons. The summed E-state index contributed by atoms with van der Waals surface area (Å²) >= 11 is 0. The number of hydroxylamine groups is 1. The van der Waals surface area contributed by atoms with Crippen LogP contribution in [0.2, 0.25) is 0 Å². The molecule has 29 heavy (non-hydrogen) atoms. The van der Waals surface area contributed by atoms with Crippen molar-refractivity contribution in [3.8, 4) is 0 Å². The summed E-state index contributed by atoms with van der Waals surface area (Å²) in [5.74, 6) is -0.585. The highest BCUT2D eigenvalue weighted by Gasteiger charge is 2.46. The van der Waals surface area contributed by atoms with Crippen LogP contribution in [-0.4, -0.2) is 72.4 Å². The quantitative estimate of drug-likeness (QED) is 0.216. The van der Waals surface area contributed by atoms with Crippen LogP contribution in [0.25, 0.3) is 0 Å². The fourth-order valence-corrected chi connectivity index (χ4v) is 2.84. The highest BCUT2D eigenvalue weighted by Crippen LogP contribution is 2.21. The monoisotopic (exact) mass is 435 g/mol. The van der Waals surface area contributed by atoms with E-state index in [1.807, 2.05) is 0 Å². The Morgan fingerprint density at radius 3 is 2.41 bits per heavy atom. The second-order valence-corrected chi connectivity index (χ2v) is 7.10. The average molecular weight is 435 g/mol. The molecule has 0 saturated carbocycles. The lowest BCUT2D eigenvalue weighted by molar-refractivity contribution is -0.220. The van der Waals surface area contributed by atoms with Gasteiger partial charge < -0.3 is 25.1 Å². The maximum Gasteiger partial charge on any atom is 0.430 e. The van der Waals surface area contributed by atoms with Crippen LogP contribution >= 0.6 is 0 Å². The van der Waals surface area contributed by atoms with Crippen LogP contribution in [0.1, 0.15) is 6.92 Å². The molecule has 2 amide bonds. The lowest BCUT2D eigenvalue weighted by atomic mass is 9.96. The van der Waals surface area contributed by atoms with Crippen molar-refractivity contribution in [2.24, 2.45) is 0 Å². The molecule has 0 spiro atoms. The molecule has 1 aliphatic heterocycles. The van der Waals surface area contributed by atoms with E-state index in [-0.39, 0.29) is 0 Å². The van der Waals surface area contributed by atoms with Gasteiger partial charge in [0.05, 0.1) is 12.6 Å². The number of hydrogen-bond acceptors (Lipinski definition) is 10. The third kappa shape index (κ3) is 7.21. The van der Waals surface area contributed by atoms with Gasteiger partial charge in [0.15, 0.2) is 6.23 Å². The lowest BCUT2D eigenvalue weighted by Crippen LogP contribution is -2.67. The third-order valence-electron chi connectivity index (χ3n) is 3.79. The van der Waals surface area contributed by atoms with Crippen LogP contribution in [-0.2, 0) is 29.0 Å². The Morgan fingerprint density at radius 2 is 1.83 bits per heavy atom.